The molecule has 0 spiro atoms. The number of hydrogen-bond donors (Lipinski definition) is 0. The van der Waals surface area contributed by atoms with Crippen LogP contribution in [0.4, 0.5) is 5.69 Å². The Hall–Kier alpha value is -2.37. The molecule has 1 saturated carbocycles. The summed E-state index contributed by atoms with van der Waals surface area (Å²) in [7, 11) is 0. The molecule has 1 aliphatic heterocycles. The smallest absolute Gasteiger partial charge is 0.257 e. The zero-order valence-corrected chi connectivity index (χ0v) is 16.1. The van der Waals surface area contributed by atoms with Crippen LogP contribution in [-0.2, 0) is 14.4 Å². The van der Waals surface area contributed by atoms with Gasteiger partial charge in [0.2, 0.25) is 11.8 Å². The third kappa shape index (κ3) is 3.99. The topological polar surface area (TPSA) is 66.9 Å². The summed E-state index contributed by atoms with van der Waals surface area (Å²) in [5, 5.41) is 0. The molecule has 0 aromatic heterocycles. The minimum Gasteiger partial charge on any atom is -0.494 e. The lowest BCUT2D eigenvalue weighted by Gasteiger charge is -2.33. The fraction of sp³-hybridized carbons (Fsp3) is 0.571. The van der Waals surface area contributed by atoms with Gasteiger partial charge in [-0.25, -0.2) is 4.90 Å². The van der Waals surface area contributed by atoms with Crippen LogP contribution in [0.3, 0.4) is 0 Å². The molecule has 146 valence electrons. The van der Waals surface area contributed by atoms with Crippen molar-refractivity contribution in [1.82, 2.24) is 4.90 Å². The van der Waals surface area contributed by atoms with Gasteiger partial charge >= 0.3 is 0 Å². The second kappa shape index (κ2) is 8.55. The summed E-state index contributed by atoms with van der Waals surface area (Å²) in [4.78, 5) is 41.5. The highest BCUT2D eigenvalue weighted by Gasteiger charge is 2.46. The second-order valence-electron chi connectivity index (χ2n) is 7.20. The molecule has 2 fully saturated rings. The van der Waals surface area contributed by atoms with Gasteiger partial charge in [-0.05, 0) is 50.5 Å². The molecule has 3 rings (SSSR count). The standard InChI is InChI=1S/C21H28N2O4/c1-3-7-19(24)22(15-8-5-6-9-15)18-14-20(25)23(21(18)26)16-10-12-17(13-11-16)27-4-2/h10-13,15,18H,3-9,14H2,1-2H3. The highest BCUT2D eigenvalue weighted by molar-refractivity contribution is 6.23. The van der Waals surface area contributed by atoms with Crippen LogP contribution in [0, 0.1) is 0 Å². The average Bonchev–Trinajstić information content (AvgIpc) is 3.26. The summed E-state index contributed by atoms with van der Waals surface area (Å²) in [5.41, 5.74) is 0.533. The molecule has 1 heterocycles. The van der Waals surface area contributed by atoms with Crippen molar-refractivity contribution in [3.8, 4) is 5.75 Å². The quantitative estimate of drug-likeness (QED) is 0.689. The molecule has 2 aliphatic rings. The fourth-order valence-corrected chi connectivity index (χ4v) is 4.12. The largest absolute Gasteiger partial charge is 0.494 e. The van der Waals surface area contributed by atoms with Crippen LogP contribution in [0.2, 0.25) is 0 Å². The number of carbonyl (C=O) groups is 3. The predicted molar refractivity (Wildman–Crippen MR) is 103 cm³/mol. The molecule has 1 unspecified atom stereocenters. The third-order valence-corrected chi connectivity index (χ3v) is 5.33. The van der Waals surface area contributed by atoms with Crippen molar-refractivity contribution in [3.63, 3.8) is 0 Å². The first-order chi connectivity index (χ1) is 13.1. The number of imide groups is 1. The van der Waals surface area contributed by atoms with E-state index in [2.05, 4.69) is 0 Å². The summed E-state index contributed by atoms with van der Waals surface area (Å²) in [5.74, 6) is 0.147. The molecule has 0 bridgehead atoms. The van der Waals surface area contributed by atoms with Crippen LogP contribution in [0.25, 0.3) is 0 Å². The van der Waals surface area contributed by atoms with Crippen molar-refractivity contribution in [2.75, 3.05) is 11.5 Å². The van der Waals surface area contributed by atoms with Gasteiger partial charge in [0.1, 0.15) is 11.8 Å². The molecule has 0 N–H and O–H groups in total. The molecule has 6 nitrogen and oxygen atoms in total. The number of carbonyl (C=O) groups excluding carboxylic acids is 3. The van der Waals surface area contributed by atoms with Gasteiger partial charge in [0.05, 0.1) is 18.7 Å². The lowest BCUT2D eigenvalue weighted by Crippen LogP contribution is -2.50. The lowest BCUT2D eigenvalue weighted by molar-refractivity contribution is -0.141. The normalized spacial score (nSPS) is 20.4. The minimum absolute atomic E-state index is 0.0101. The first kappa shape index (κ1) is 19.4. The van der Waals surface area contributed by atoms with Crippen LogP contribution in [0.1, 0.15) is 58.8 Å². The molecule has 6 heteroatoms. The monoisotopic (exact) mass is 372 g/mol. The van der Waals surface area contributed by atoms with Gasteiger partial charge in [-0.15, -0.1) is 0 Å². The van der Waals surface area contributed by atoms with Gasteiger partial charge in [0.15, 0.2) is 0 Å². The van der Waals surface area contributed by atoms with Gasteiger partial charge in [-0.1, -0.05) is 19.8 Å². The Bertz CT molecular complexity index is 695. The maximum Gasteiger partial charge on any atom is 0.257 e. The number of ether oxygens (including phenoxy) is 1. The number of rotatable bonds is 7. The number of nitrogens with zero attached hydrogens (tertiary/aromatic N) is 2. The van der Waals surface area contributed by atoms with Gasteiger partial charge in [-0.2, -0.15) is 0 Å². The Morgan fingerprint density at radius 1 is 1.15 bits per heavy atom. The van der Waals surface area contributed by atoms with E-state index in [9.17, 15) is 14.4 Å². The number of benzene rings is 1. The number of amides is 3. The molecule has 3 amide bonds. The summed E-state index contributed by atoms with van der Waals surface area (Å²) >= 11 is 0. The first-order valence-electron chi connectivity index (χ1n) is 9.97. The van der Waals surface area contributed by atoms with E-state index in [4.69, 9.17) is 4.74 Å². The molecular weight excluding hydrogens is 344 g/mol. The van der Waals surface area contributed by atoms with Gasteiger partial charge in [0, 0.05) is 12.5 Å². The van der Waals surface area contributed by atoms with Crippen LogP contribution < -0.4 is 9.64 Å². The highest BCUT2D eigenvalue weighted by atomic mass is 16.5. The average molecular weight is 372 g/mol. The third-order valence-electron chi connectivity index (χ3n) is 5.33. The molecule has 1 aromatic carbocycles. The molecular formula is C21H28N2O4. The van der Waals surface area contributed by atoms with Crippen molar-refractivity contribution in [1.29, 1.82) is 0 Å². The minimum atomic E-state index is -0.675. The summed E-state index contributed by atoms with van der Waals surface area (Å²) < 4.78 is 5.42. The summed E-state index contributed by atoms with van der Waals surface area (Å²) in [6.07, 6.45) is 5.18. The van der Waals surface area contributed by atoms with E-state index in [1.165, 1.54) is 4.90 Å². The zero-order valence-electron chi connectivity index (χ0n) is 16.1. The zero-order chi connectivity index (χ0) is 19.4. The Labute approximate surface area is 160 Å². The molecule has 1 aromatic rings. The van der Waals surface area contributed by atoms with Crippen molar-refractivity contribution in [2.24, 2.45) is 0 Å². The van der Waals surface area contributed by atoms with E-state index in [1.54, 1.807) is 29.2 Å². The van der Waals surface area contributed by atoms with E-state index < -0.39 is 6.04 Å². The predicted octanol–water partition coefficient (Wildman–Crippen LogP) is 3.29. The Morgan fingerprint density at radius 2 is 1.81 bits per heavy atom. The Morgan fingerprint density at radius 3 is 2.41 bits per heavy atom. The van der Waals surface area contributed by atoms with E-state index in [0.717, 1.165) is 32.1 Å². The Kier molecular flexibility index (Phi) is 6.14. The molecule has 27 heavy (non-hydrogen) atoms. The summed E-state index contributed by atoms with van der Waals surface area (Å²) in [6, 6.07) is 6.35. The molecule has 1 aliphatic carbocycles. The van der Waals surface area contributed by atoms with E-state index in [0.29, 0.717) is 24.5 Å². The summed E-state index contributed by atoms with van der Waals surface area (Å²) in [6.45, 7) is 4.41. The van der Waals surface area contributed by atoms with Crippen molar-refractivity contribution >= 4 is 23.4 Å². The van der Waals surface area contributed by atoms with Crippen LogP contribution in [-0.4, -0.2) is 41.3 Å². The van der Waals surface area contributed by atoms with Gasteiger partial charge in [0.25, 0.3) is 5.91 Å². The van der Waals surface area contributed by atoms with E-state index in [-0.39, 0.29) is 30.2 Å². The second-order valence-corrected chi connectivity index (χ2v) is 7.20. The van der Waals surface area contributed by atoms with Crippen molar-refractivity contribution in [2.45, 2.75) is 70.9 Å². The van der Waals surface area contributed by atoms with Crippen molar-refractivity contribution < 1.29 is 19.1 Å². The highest BCUT2D eigenvalue weighted by Crippen LogP contribution is 2.32. The lowest BCUT2D eigenvalue weighted by atomic mass is 10.1. The van der Waals surface area contributed by atoms with Gasteiger partial charge in [-0.3, -0.25) is 14.4 Å². The number of hydrogen-bond acceptors (Lipinski definition) is 4. The SMILES string of the molecule is CCCC(=O)N(C1CCCC1)C1CC(=O)N(c2ccc(OCC)cc2)C1=O. The molecule has 1 atom stereocenters. The Balaban J connectivity index is 1.83. The maximum atomic E-state index is 13.1. The van der Waals surface area contributed by atoms with Crippen LogP contribution >= 0.6 is 0 Å². The van der Waals surface area contributed by atoms with Crippen LogP contribution in [0.5, 0.6) is 5.75 Å². The van der Waals surface area contributed by atoms with Crippen molar-refractivity contribution in [3.05, 3.63) is 24.3 Å². The van der Waals surface area contributed by atoms with Gasteiger partial charge < -0.3 is 9.64 Å². The first-order valence-corrected chi connectivity index (χ1v) is 9.97. The van der Waals surface area contributed by atoms with E-state index >= 15 is 0 Å². The maximum absolute atomic E-state index is 13.1. The van der Waals surface area contributed by atoms with Crippen LogP contribution in [0.15, 0.2) is 24.3 Å². The molecule has 0 radical (unpaired) electrons. The molecule has 1 saturated heterocycles. The fourth-order valence-electron chi connectivity index (χ4n) is 4.12. The number of anilines is 1. The van der Waals surface area contributed by atoms with E-state index in [1.807, 2.05) is 13.8 Å².